The predicted molar refractivity (Wildman–Crippen MR) is 61.9 cm³/mol. The lowest BCUT2D eigenvalue weighted by Crippen LogP contribution is -2.06. The lowest BCUT2D eigenvalue weighted by Gasteiger charge is -2.05. The van der Waals surface area contributed by atoms with E-state index in [4.69, 9.17) is 5.73 Å². The lowest BCUT2D eigenvalue weighted by atomic mass is 10.2. The standard InChI is InChI=1S/C12H13FN4/c13-10-5-1-8(2-6-10)7-17-11(9-3-4-9)12(14)15-16-17/h1-2,5-6,9H,3-4,7,14H2. The average molecular weight is 232 g/mol. The Labute approximate surface area is 98.2 Å². The Hall–Kier alpha value is -1.91. The number of aromatic nitrogens is 3. The fourth-order valence-corrected chi connectivity index (χ4v) is 1.99. The Morgan fingerprint density at radius 1 is 1.29 bits per heavy atom. The van der Waals surface area contributed by atoms with Crippen molar-refractivity contribution in [2.24, 2.45) is 0 Å². The van der Waals surface area contributed by atoms with Gasteiger partial charge in [0.25, 0.3) is 0 Å². The predicted octanol–water partition coefficient (Wildman–Crippen LogP) is 1.93. The summed E-state index contributed by atoms with van der Waals surface area (Å²) in [6.45, 7) is 0.594. The number of rotatable bonds is 3. The second-order valence-corrected chi connectivity index (χ2v) is 4.42. The number of nitrogen functional groups attached to an aromatic ring is 1. The highest BCUT2D eigenvalue weighted by Crippen LogP contribution is 2.42. The summed E-state index contributed by atoms with van der Waals surface area (Å²) in [4.78, 5) is 0. The SMILES string of the molecule is Nc1nnn(Cc2ccc(F)cc2)c1C1CC1. The van der Waals surface area contributed by atoms with Crippen LogP contribution in [0.25, 0.3) is 0 Å². The summed E-state index contributed by atoms with van der Waals surface area (Å²) in [6.07, 6.45) is 2.31. The van der Waals surface area contributed by atoms with Crippen LogP contribution in [0.5, 0.6) is 0 Å². The molecule has 1 aliphatic carbocycles. The normalized spacial score (nSPS) is 15.1. The molecule has 0 spiro atoms. The number of hydrogen-bond donors (Lipinski definition) is 1. The van der Waals surface area contributed by atoms with Crippen LogP contribution in [0.1, 0.15) is 30.0 Å². The largest absolute Gasteiger partial charge is 0.381 e. The van der Waals surface area contributed by atoms with E-state index in [1.165, 1.54) is 12.1 Å². The summed E-state index contributed by atoms with van der Waals surface area (Å²) in [5, 5.41) is 7.95. The molecule has 1 aliphatic rings. The van der Waals surface area contributed by atoms with E-state index in [0.717, 1.165) is 24.1 Å². The van der Waals surface area contributed by atoms with Crippen LogP contribution < -0.4 is 5.73 Å². The summed E-state index contributed by atoms with van der Waals surface area (Å²) in [5.74, 6) is 0.800. The molecule has 0 radical (unpaired) electrons. The van der Waals surface area contributed by atoms with E-state index in [2.05, 4.69) is 10.3 Å². The first-order chi connectivity index (χ1) is 8.24. The third kappa shape index (κ3) is 2.00. The maximum absolute atomic E-state index is 12.8. The van der Waals surface area contributed by atoms with Crippen molar-refractivity contribution in [3.63, 3.8) is 0 Å². The van der Waals surface area contributed by atoms with Crippen molar-refractivity contribution >= 4 is 5.82 Å². The molecule has 2 N–H and O–H groups in total. The maximum Gasteiger partial charge on any atom is 0.169 e. The van der Waals surface area contributed by atoms with Crippen LogP contribution in [-0.4, -0.2) is 15.0 Å². The molecule has 4 nitrogen and oxygen atoms in total. The number of anilines is 1. The van der Waals surface area contributed by atoms with Gasteiger partial charge in [0, 0.05) is 5.92 Å². The Morgan fingerprint density at radius 3 is 2.65 bits per heavy atom. The molecule has 1 saturated carbocycles. The summed E-state index contributed by atoms with van der Waals surface area (Å²) < 4.78 is 14.6. The molecule has 0 unspecified atom stereocenters. The first-order valence-corrected chi connectivity index (χ1v) is 5.67. The van der Waals surface area contributed by atoms with Crippen molar-refractivity contribution in [2.75, 3.05) is 5.73 Å². The number of nitrogens with zero attached hydrogens (tertiary/aromatic N) is 3. The zero-order valence-corrected chi connectivity index (χ0v) is 9.31. The van der Waals surface area contributed by atoms with Gasteiger partial charge in [-0.25, -0.2) is 9.07 Å². The minimum atomic E-state index is -0.228. The molecule has 0 saturated heterocycles. The number of benzene rings is 1. The van der Waals surface area contributed by atoms with Crippen LogP contribution in [-0.2, 0) is 6.54 Å². The van der Waals surface area contributed by atoms with E-state index in [9.17, 15) is 4.39 Å². The van der Waals surface area contributed by atoms with E-state index in [1.807, 2.05) is 4.68 Å². The van der Waals surface area contributed by atoms with Gasteiger partial charge in [0.1, 0.15) is 5.82 Å². The Balaban J connectivity index is 1.87. The maximum atomic E-state index is 12.8. The van der Waals surface area contributed by atoms with E-state index in [-0.39, 0.29) is 5.82 Å². The molecule has 3 rings (SSSR count). The lowest BCUT2D eigenvalue weighted by molar-refractivity contribution is 0.610. The molecule has 0 amide bonds. The first kappa shape index (κ1) is 10.3. The van der Waals surface area contributed by atoms with E-state index >= 15 is 0 Å². The highest BCUT2D eigenvalue weighted by molar-refractivity contribution is 5.38. The van der Waals surface area contributed by atoms with Gasteiger partial charge in [0.15, 0.2) is 5.82 Å². The van der Waals surface area contributed by atoms with Gasteiger partial charge < -0.3 is 5.73 Å². The smallest absolute Gasteiger partial charge is 0.169 e. The highest BCUT2D eigenvalue weighted by atomic mass is 19.1. The molecule has 0 aliphatic heterocycles. The summed E-state index contributed by atoms with van der Waals surface area (Å²) >= 11 is 0. The first-order valence-electron chi connectivity index (χ1n) is 5.67. The molecule has 1 aromatic carbocycles. The van der Waals surface area contributed by atoms with E-state index in [0.29, 0.717) is 18.3 Å². The molecule has 1 fully saturated rings. The van der Waals surface area contributed by atoms with Crippen molar-refractivity contribution in [3.05, 3.63) is 41.3 Å². The van der Waals surface area contributed by atoms with Gasteiger partial charge in [-0.3, -0.25) is 0 Å². The molecule has 0 atom stereocenters. The monoisotopic (exact) mass is 232 g/mol. The van der Waals surface area contributed by atoms with E-state index in [1.54, 1.807) is 12.1 Å². The van der Waals surface area contributed by atoms with Crippen molar-refractivity contribution < 1.29 is 4.39 Å². The quantitative estimate of drug-likeness (QED) is 0.879. The second kappa shape index (κ2) is 3.84. The molecule has 88 valence electrons. The van der Waals surface area contributed by atoms with E-state index < -0.39 is 0 Å². The van der Waals surface area contributed by atoms with Gasteiger partial charge >= 0.3 is 0 Å². The van der Waals surface area contributed by atoms with Crippen LogP contribution in [0.2, 0.25) is 0 Å². The fourth-order valence-electron chi connectivity index (χ4n) is 1.99. The van der Waals surface area contributed by atoms with Crippen molar-refractivity contribution in [2.45, 2.75) is 25.3 Å². The summed E-state index contributed by atoms with van der Waals surface area (Å²) in [5.41, 5.74) is 7.83. The van der Waals surface area contributed by atoms with Crippen LogP contribution in [0.15, 0.2) is 24.3 Å². The van der Waals surface area contributed by atoms with Gasteiger partial charge in [0.2, 0.25) is 0 Å². The molecular formula is C12H13FN4. The fraction of sp³-hybridized carbons (Fsp3) is 0.333. The Kier molecular flexibility index (Phi) is 2.31. The zero-order valence-electron chi connectivity index (χ0n) is 9.31. The van der Waals surface area contributed by atoms with Gasteiger partial charge in [0.05, 0.1) is 12.2 Å². The van der Waals surface area contributed by atoms with Crippen LogP contribution in [0.4, 0.5) is 10.2 Å². The molecule has 1 aromatic heterocycles. The van der Waals surface area contributed by atoms with Crippen LogP contribution in [0.3, 0.4) is 0 Å². The van der Waals surface area contributed by atoms with Crippen molar-refractivity contribution in [1.82, 2.24) is 15.0 Å². The minimum absolute atomic E-state index is 0.228. The third-order valence-electron chi connectivity index (χ3n) is 3.01. The zero-order chi connectivity index (χ0) is 11.8. The highest BCUT2D eigenvalue weighted by Gasteiger charge is 2.30. The summed E-state index contributed by atoms with van der Waals surface area (Å²) in [6, 6.07) is 6.41. The average Bonchev–Trinajstić information content (AvgIpc) is 3.08. The van der Waals surface area contributed by atoms with Crippen LogP contribution in [0, 0.1) is 5.82 Å². The number of nitrogens with two attached hydrogens (primary N) is 1. The molecular weight excluding hydrogens is 219 g/mol. The molecule has 0 bridgehead atoms. The van der Waals surface area contributed by atoms with Gasteiger partial charge in [-0.05, 0) is 30.5 Å². The number of halogens is 1. The van der Waals surface area contributed by atoms with Crippen LogP contribution >= 0.6 is 0 Å². The molecule has 1 heterocycles. The van der Waals surface area contributed by atoms with Gasteiger partial charge in [-0.15, -0.1) is 5.10 Å². The van der Waals surface area contributed by atoms with Gasteiger partial charge in [-0.2, -0.15) is 0 Å². The molecule has 17 heavy (non-hydrogen) atoms. The minimum Gasteiger partial charge on any atom is -0.381 e. The summed E-state index contributed by atoms with van der Waals surface area (Å²) in [7, 11) is 0. The molecule has 5 heteroatoms. The van der Waals surface area contributed by atoms with Crippen molar-refractivity contribution in [1.29, 1.82) is 0 Å². The topological polar surface area (TPSA) is 56.7 Å². The van der Waals surface area contributed by atoms with Crippen molar-refractivity contribution in [3.8, 4) is 0 Å². The second-order valence-electron chi connectivity index (χ2n) is 4.42. The van der Waals surface area contributed by atoms with Gasteiger partial charge in [-0.1, -0.05) is 17.3 Å². The number of hydrogen-bond acceptors (Lipinski definition) is 3. The third-order valence-corrected chi connectivity index (χ3v) is 3.01. The Morgan fingerprint density at radius 2 is 2.00 bits per heavy atom. The Bertz CT molecular complexity index is 528. The molecule has 2 aromatic rings.